The number of ether oxygens (including phenoxy) is 1. The smallest absolute Gasteiger partial charge is 0.222 e. The highest BCUT2D eigenvalue weighted by Crippen LogP contribution is 2.24. The van der Waals surface area contributed by atoms with Gasteiger partial charge in [0.1, 0.15) is 29.1 Å². The fourth-order valence-corrected chi connectivity index (χ4v) is 2.08. The molecule has 0 saturated carbocycles. The standard InChI is InChI=1S/C17H14N6O/c1-11-8-16(23-17(19)21-11)22-12-2-4-14(5-3-12)24-15-6-7-20-13(9-15)10-18/h2-9H,1H3,(H3,19,21,22,23). The second-order valence-corrected chi connectivity index (χ2v) is 4.99. The Balaban J connectivity index is 1.72. The number of anilines is 3. The van der Waals surface area contributed by atoms with Crippen molar-refractivity contribution >= 4 is 17.5 Å². The molecular weight excluding hydrogens is 304 g/mol. The quantitative estimate of drug-likeness (QED) is 0.760. The molecule has 3 aromatic rings. The van der Waals surface area contributed by atoms with E-state index in [0.717, 1.165) is 11.4 Å². The molecule has 1 aromatic carbocycles. The minimum absolute atomic E-state index is 0.225. The van der Waals surface area contributed by atoms with Crippen LogP contribution in [-0.2, 0) is 0 Å². The van der Waals surface area contributed by atoms with Crippen molar-refractivity contribution in [2.75, 3.05) is 11.1 Å². The largest absolute Gasteiger partial charge is 0.457 e. The van der Waals surface area contributed by atoms with Gasteiger partial charge in [-0.05, 0) is 37.3 Å². The lowest BCUT2D eigenvalue weighted by Crippen LogP contribution is -2.01. The lowest BCUT2D eigenvalue weighted by atomic mass is 10.3. The van der Waals surface area contributed by atoms with E-state index in [1.165, 1.54) is 6.20 Å². The zero-order valence-corrected chi connectivity index (χ0v) is 12.9. The van der Waals surface area contributed by atoms with E-state index in [4.69, 9.17) is 15.7 Å². The maximum absolute atomic E-state index is 8.85. The van der Waals surface area contributed by atoms with E-state index in [9.17, 15) is 0 Å². The molecule has 0 bridgehead atoms. The van der Waals surface area contributed by atoms with E-state index < -0.39 is 0 Å². The molecule has 7 nitrogen and oxygen atoms in total. The Bertz CT molecular complexity index is 881. The second kappa shape index (κ2) is 6.62. The van der Waals surface area contributed by atoms with Crippen LogP contribution in [0.5, 0.6) is 11.5 Å². The summed E-state index contributed by atoms with van der Waals surface area (Å²) in [7, 11) is 0. The summed E-state index contributed by atoms with van der Waals surface area (Å²) in [6.07, 6.45) is 1.53. The molecular formula is C17H14N6O. The Labute approximate surface area is 138 Å². The van der Waals surface area contributed by atoms with E-state index >= 15 is 0 Å². The second-order valence-electron chi connectivity index (χ2n) is 4.99. The van der Waals surface area contributed by atoms with Gasteiger partial charge < -0.3 is 15.8 Å². The number of nitrogens with one attached hydrogen (secondary N) is 1. The summed E-state index contributed by atoms with van der Waals surface area (Å²) in [6, 6.07) is 14.4. The molecule has 2 aromatic heterocycles. The predicted molar refractivity (Wildman–Crippen MR) is 89.9 cm³/mol. The van der Waals surface area contributed by atoms with Gasteiger partial charge >= 0.3 is 0 Å². The van der Waals surface area contributed by atoms with Gasteiger partial charge in [0.2, 0.25) is 5.95 Å². The molecule has 3 N–H and O–H groups in total. The summed E-state index contributed by atoms with van der Waals surface area (Å²) in [6.45, 7) is 1.85. The fraction of sp³-hybridized carbons (Fsp3) is 0.0588. The third-order valence-electron chi connectivity index (χ3n) is 3.08. The van der Waals surface area contributed by atoms with Crippen molar-refractivity contribution in [3.05, 3.63) is 60.0 Å². The number of aryl methyl sites for hydroxylation is 1. The first-order chi connectivity index (χ1) is 11.6. The van der Waals surface area contributed by atoms with Crippen molar-refractivity contribution in [2.45, 2.75) is 6.92 Å². The van der Waals surface area contributed by atoms with Crippen LogP contribution in [0.25, 0.3) is 0 Å². The normalized spacial score (nSPS) is 10.0. The van der Waals surface area contributed by atoms with Crippen LogP contribution in [0.3, 0.4) is 0 Å². The number of benzene rings is 1. The van der Waals surface area contributed by atoms with Gasteiger partial charge in [-0.3, -0.25) is 0 Å². The molecule has 0 saturated heterocycles. The number of hydrogen-bond acceptors (Lipinski definition) is 7. The highest BCUT2D eigenvalue weighted by Gasteiger charge is 2.02. The number of pyridine rings is 1. The van der Waals surface area contributed by atoms with E-state index in [1.54, 1.807) is 18.2 Å². The average Bonchev–Trinajstić information content (AvgIpc) is 2.56. The maximum Gasteiger partial charge on any atom is 0.222 e. The van der Waals surface area contributed by atoms with Crippen LogP contribution in [0.4, 0.5) is 17.5 Å². The number of hydrogen-bond donors (Lipinski definition) is 2. The third kappa shape index (κ3) is 3.75. The Hall–Kier alpha value is -3.66. The molecule has 7 heteroatoms. The van der Waals surface area contributed by atoms with Gasteiger partial charge in [0.05, 0.1) is 0 Å². The Morgan fingerprint density at radius 1 is 1.08 bits per heavy atom. The molecule has 0 fully saturated rings. The van der Waals surface area contributed by atoms with Gasteiger partial charge in [-0.2, -0.15) is 10.2 Å². The first kappa shape index (κ1) is 15.2. The number of aromatic nitrogens is 3. The number of rotatable bonds is 4. The molecule has 0 radical (unpaired) electrons. The summed E-state index contributed by atoms with van der Waals surface area (Å²) in [5.74, 6) is 2.06. The zero-order valence-electron chi connectivity index (χ0n) is 12.9. The van der Waals surface area contributed by atoms with Crippen molar-refractivity contribution in [2.24, 2.45) is 0 Å². The SMILES string of the molecule is Cc1cc(Nc2ccc(Oc3ccnc(C#N)c3)cc2)nc(N)n1. The predicted octanol–water partition coefficient (Wildman–Crippen LogP) is 3.17. The third-order valence-corrected chi connectivity index (χ3v) is 3.08. The van der Waals surface area contributed by atoms with Crippen molar-refractivity contribution in [1.82, 2.24) is 15.0 Å². The fourth-order valence-electron chi connectivity index (χ4n) is 2.08. The van der Waals surface area contributed by atoms with E-state index in [-0.39, 0.29) is 5.95 Å². The van der Waals surface area contributed by atoms with Crippen molar-refractivity contribution in [3.8, 4) is 17.6 Å². The molecule has 3 rings (SSSR count). The average molecular weight is 318 g/mol. The van der Waals surface area contributed by atoms with Crippen molar-refractivity contribution in [3.63, 3.8) is 0 Å². The first-order valence-electron chi connectivity index (χ1n) is 7.14. The summed E-state index contributed by atoms with van der Waals surface area (Å²) in [5.41, 5.74) is 7.57. The molecule has 0 unspecified atom stereocenters. The van der Waals surface area contributed by atoms with Gasteiger partial charge in [0, 0.05) is 29.7 Å². The molecule has 0 amide bonds. The molecule has 118 valence electrons. The van der Waals surface area contributed by atoms with Gasteiger partial charge in [-0.15, -0.1) is 0 Å². The Morgan fingerprint density at radius 3 is 2.58 bits per heavy atom. The van der Waals surface area contributed by atoms with Crippen LogP contribution in [0, 0.1) is 18.3 Å². The molecule has 0 aliphatic rings. The minimum Gasteiger partial charge on any atom is -0.457 e. The molecule has 0 atom stereocenters. The van der Waals surface area contributed by atoms with E-state index in [2.05, 4.69) is 20.3 Å². The lowest BCUT2D eigenvalue weighted by molar-refractivity contribution is 0.482. The van der Waals surface area contributed by atoms with Crippen LogP contribution < -0.4 is 15.8 Å². The monoisotopic (exact) mass is 318 g/mol. The van der Waals surface area contributed by atoms with Gasteiger partial charge in [0.25, 0.3) is 0 Å². The molecule has 0 spiro atoms. The first-order valence-corrected chi connectivity index (χ1v) is 7.14. The van der Waals surface area contributed by atoms with Crippen LogP contribution in [0.1, 0.15) is 11.4 Å². The highest BCUT2D eigenvalue weighted by molar-refractivity contribution is 5.58. The van der Waals surface area contributed by atoms with Gasteiger partial charge in [0.15, 0.2) is 0 Å². The minimum atomic E-state index is 0.225. The van der Waals surface area contributed by atoms with Gasteiger partial charge in [-0.1, -0.05) is 0 Å². The van der Waals surface area contributed by atoms with Crippen molar-refractivity contribution < 1.29 is 4.74 Å². The number of nitrogens with zero attached hydrogens (tertiary/aromatic N) is 4. The van der Waals surface area contributed by atoms with Crippen molar-refractivity contribution in [1.29, 1.82) is 5.26 Å². The van der Waals surface area contributed by atoms with Crippen LogP contribution in [0.2, 0.25) is 0 Å². The van der Waals surface area contributed by atoms with Crippen LogP contribution >= 0.6 is 0 Å². The molecule has 2 heterocycles. The van der Waals surface area contributed by atoms with Crippen LogP contribution in [0.15, 0.2) is 48.7 Å². The van der Waals surface area contributed by atoms with E-state index in [1.807, 2.05) is 37.3 Å². The number of nitriles is 1. The summed E-state index contributed by atoms with van der Waals surface area (Å²) in [4.78, 5) is 12.1. The maximum atomic E-state index is 8.85. The Kier molecular flexibility index (Phi) is 4.21. The summed E-state index contributed by atoms with van der Waals surface area (Å²) in [5, 5.41) is 12.0. The van der Waals surface area contributed by atoms with E-state index in [0.29, 0.717) is 23.0 Å². The number of nitrogen functional groups attached to an aromatic ring is 1. The summed E-state index contributed by atoms with van der Waals surface area (Å²) >= 11 is 0. The highest BCUT2D eigenvalue weighted by atomic mass is 16.5. The zero-order chi connectivity index (χ0) is 16.9. The molecule has 0 aliphatic heterocycles. The molecule has 0 aliphatic carbocycles. The molecule has 24 heavy (non-hydrogen) atoms. The number of nitrogens with two attached hydrogens (primary N) is 1. The summed E-state index contributed by atoms with van der Waals surface area (Å²) < 4.78 is 5.70. The topological polar surface area (TPSA) is 110 Å². The van der Waals surface area contributed by atoms with Crippen LogP contribution in [-0.4, -0.2) is 15.0 Å². The Morgan fingerprint density at radius 2 is 1.88 bits per heavy atom. The van der Waals surface area contributed by atoms with Gasteiger partial charge in [-0.25, -0.2) is 9.97 Å². The lowest BCUT2D eigenvalue weighted by Gasteiger charge is -2.09.